The van der Waals surface area contributed by atoms with Crippen LogP contribution in [0.3, 0.4) is 0 Å². The first-order valence-corrected chi connectivity index (χ1v) is 10.7. The number of carbonyl (C=O) groups excluding carboxylic acids is 2. The monoisotopic (exact) mass is 402 g/mol. The van der Waals surface area contributed by atoms with Crippen LogP contribution >= 0.6 is 0 Å². The summed E-state index contributed by atoms with van der Waals surface area (Å²) in [7, 11) is 0. The molecule has 2 aliphatic rings. The van der Waals surface area contributed by atoms with Crippen molar-refractivity contribution < 1.29 is 14.3 Å². The van der Waals surface area contributed by atoms with E-state index in [1.807, 2.05) is 20.8 Å². The number of hydrogen-bond acceptors (Lipinski definition) is 4. The van der Waals surface area contributed by atoms with Gasteiger partial charge in [-0.2, -0.15) is 0 Å². The van der Waals surface area contributed by atoms with Gasteiger partial charge in [-0.05, 0) is 64.2 Å². The molecule has 160 valence electrons. The van der Waals surface area contributed by atoms with Gasteiger partial charge in [-0.3, -0.25) is 0 Å². The zero-order valence-electron chi connectivity index (χ0n) is 17.9. The molecule has 2 aliphatic heterocycles. The average molecular weight is 403 g/mol. The van der Waals surface area contributed by atoms with Gasteiger partial charge in [-0.1, -0.05) is 12.1 Å². The Balaban J connectivity index is 1.44. The fraction of sp³-hybridized carbons (Fsp3) is 0.636. The minimum atomic E-state index is -0.528. The number of alkyl carbamates (subject to hydrolysis) is 1. The van der Waals surface area contributed by atoms with E-state index in [0.29, 0.717) is 19.6 Å². The predicted octanol–water partition coefficient (Wildman–Crippen LogP) is 3.49. The SMILES string of the molecule is CC(C)(C)OC(=O)NC1CCCN(C(=O)NCc2ccc(N3CCCC3)cc2)C1. The summed E-state index contributed by atoms with van der Waals surface area (Å²) in [6.45, 7) is 9.47. The van der Waals surface area contributed by atoms with Gasteiger partial charge in [0.1, 0.15) is 5.60 Å². The van der Waals surface area contributed by atoms with Gasteiger partial charge in [0.25, 0.3) is 0 Å². The molecule has 7 nitrogen and oxygen atoms in total. The maximum Gasteiger partial charge on any atom is 0.407 e. The van der Waals surface area contributed by atoms with E-state index in [2.05, 4.69) is 39.8 Å². The lowest BCUT2D eigenvalue weighted by Crippen LogP contribution is -2.52. The molecule has 1 unspecified atom stereocenters. The highest BCUT2D eigenvalue weighted by molar-refractivity contribution is 5.74. The fourth-order valence-electron chi connectivity index (χ4n) is 3.84. The molecule has 3 rings (SSSR count). The van der Waals surface area contributed by atoms with Gasteiger partial charge in [0, 0.05) is 44.5 Å². The van der Waals surface area contributed by atoms with E-state index in [1.165, 1.54) is 18.5 Å². The van der Waals surface area contributed by atoms with E-state index in [0.717, 1.165) is 31.5 Å². The van der Waals surface area contributed by atoms with Crippen molar-refractivity contribution in [1.29, 1.82) is 0 Å². The Morgan fingerprint density at radius 3 is 2.41 bits per heavy atom. The van der Waals surface area contributed by atoms with Crippen molar-refractivity contribution in [2.45, 2.75) is 64.6 Å². The summed E-state index contributed by atoms with van der Waals surface area (Å²) in [5.41, 5.74) is 1.81. The minimum Gasteiger partial charge on any atom is -0.444 e. The first kappa shape index (κ1) is 21.3. The second-order valence-corrected chi connectivity index (χ2v) is 8.95. The normalized spacial score (nSPS) is 19.8. The molecular weight excluding hydrogens is 368 g/mol. The zero-order chi connectivity index (χ0) is 20.9. The summed E-state index contributed by atoms with van der Waals surface area (Å²) >= 11 is 0. The second kappa shape index (κ2) is 9.37. The maximum absolute atomic E-state index is 12.6. The largest absolute Gasteiger partial charge is 0.444 e. The Kier molecular flexibility index (Phi) is 6.87. The van der Waals surface area contributed by atoms with Gasteiger partial charge < -0.3 is 25.2 Å². The lowest BCUT2D eigenvalue weighted by atomic mass is 10.1. The highest BCUT2D eigenvalue weighted by atomic mass is 16.6. The van der Waals surface area contributed by atoms with E-state index < -0.39 is 11.7 Å². The summed E-state index contributed by atoms with van der Waals surface area (Å²) in [5.74, 6) is 0. The molecule has 7 heteroatoms. The van der Waals surface area contributed by atoms with Crippen molar-refractivity contribution in [3.63, 3.8) is 0 Å². The van der Waals surface area contributed by atoms with E-state index in [4.69, 9.17) is 4.74 Å². The molecule has 1 aromatic rings. The Labute approximate surface area is 173 Å². The maximum atomic E-state index is 12.6. The number of carbonyl (C=O) groups is 2. The number of likely N-dealkylation sites (tertiary alicyclic amines) is 1. The lowest BCUT2D eigenvalue weighted by molar-refractivity contribution is 0.0479. The van der Waals surface area contributed by atoms with Crippen LogP contribution in [0.15, 0.2) is 24.3 Å². The number of ether oxygens (including phenoxy) is 1. The van der Waals surface area contributed by atoms with Crippen LogP contribution < -0.4 is 15.5 Å². The van der Waals surface area contributed by atoms with Gasteiger partial charge in [-0.25, -0.2) is 9.59 Å². The number of hydrogen-bond donors (Lipinski definition) is 2. The standard InChI is InChI=1S/C22H34N4O3/c1-22(2,3)29-21(28)24-18-7-6-14-26(16-18)20(27)23-15-17-8-10-19(11-9-17)25-12-4-5-13-25/h8-11,18H,4-7,12-16H2,1-3H3,(H,23,27)(H,24,28). The van der Waals surface area contributed by atoms with Crippen molar-refractivity contribution in [3.05, 3.63) is 29.8 Å². The lowest BCUT2D eigenvalue weighted by Gasteiger charge is -2.33. The van der Waals surface area contributed by atoms with Crippen molar-refractivity contribution in [3.8, 4) is 0 Å². The van der Waals surface area contributed by atoms with Crippen LogP contribution in [-0.4, -0.2) is 54.8 Å². The molecule has 2 fully saturated rings. The summed E-state index contributed by atoms with van der Waals surface area (Å²) in [6.07, 6.45) is 3.80. The number of urea groups is 1. The molecule has 0 radical (unpaired) electrons. The molecule has 2 heterocycles. The van der Waals surface area contributed by atoms with Crippen molar-refractivity contribution in [1.82, 2.24) is 15.5 Å². The van der Waals surface area contributed by atoms with Crippen LogP contribution in [0.5, 0.6) is 0 Å². The highest BCUT2D eigenvalue weighted by Crippen LogP contribution is 2.20. The quantitative estimate of drug-likeness (QED) is 0.809. The van der Waals surface area contributed by atoms with Crippen molar-refractivity contribution in [2.75, 3.05) is 31.1 Å². The smallest absolute Gasteiger partial charge is 0.407 e. The van der Waals surface area contributed by atoms with Crippen LogP contribution in [-0.2, 0) is 11.3 Å². The predicted molar refractivity (Wildman–Crippen MR) is 114 cm³/mol. The summed E-state index contributed by atoms with van der Waals surface area (Å²) < 4.78 is 5.32. The minimum absolute atomic E-state index is 0.0795. The number of rotatable bonds is 4. The molecule has 0 aliphatic carbocycles. The van der Waals surface area contributed by atoms with Gasteiger partial charge in [-0.15, -0.1) is 0 Å². The topological polar surface area (TPSA) is 73.9 Å². The Morgan fingerprint density at radius 2 is 1.76 bits per heavy atom. The van der Waals surface area contributed by atoms with E-state index in [-0.39, 0.29) is 12.1 Å². The second-order valence-electron chi connectivity index (χ2n) is 8.95. The van der Waals surface area contributed by atoms with Gasteiger partial charge in [0.05, 0.1) is 0 Å². The molecule has 0 spiro atoms. The van der Waals surface area contributed by atoms with E-state index in [1.54, 1.807) is 4.90 Å². The molecule has 29 heavy (non-hydrogen) atoms. The molecular formula is C22H34N4O3. The molecule has 0 saturated carbocycles. The molecule has 0 bridgehead atoms. The molecule has 2 N–H and O–H groups in total. The molecule has 1 aromatic carbocycles. The van der Waals surface area contributed by atoms with Crippen molar-refractivity contribution in [2.24, 2.45) is 0 Å². The van der Waals surface area contributed by atoms with E-state index in [9.17, 15) is 9.59 Å². The number of benzene rings is 1. The van der Waals surface area contributed by atoms with Gasteiger partial charge in [0.2, 0.25) is 0 Å². The summed E-state index contributed by atoms with van der Waals surface area (Å²) in [4.78, 5) is 28.7. The summed E-state index contributed by atoms with van der Waals surface area (Å²) in [5, 5.41) is 5.88. The Morgan fingerprint density at radius 1 is 1.07 bits per heavy atom. The van der Waals surface area contributed by atoms with Gasteiger partial charge in [0.15, 0.2) is 0 Å². The van der Waals surface area contributed by atoms with Crippen LogP contribution in [0, 0.1) is 0 Å². The number of anilines is 1. The third kappa shape index (κ3) is 6.54. The number of nitrogens with one attached hydrogen (secondary N) is 2. The fourth-order valence-corrected chi connectivity index (χ4v) is 3.84. The van der Waals surface area contributed by atoms with Crippen LogP contribution in [0.4, 0.5) is 15.3 Å². The number of nitrogens with zero attached hydrogens (tertiary/aromatic N) is 2. The average Bonchev–Trinajstić information content (AvgIpc) is 3.20. The Hall–Kier alpha value is -2.44. The van der Waals surface area contributed by atoms with Crippen LogP contribution in [0.25, 0.3) is 0 Å². The first-order chi connectivity index (χ1) is 13.8. The van der Waals surface area contributed by atoms with Crippen LogP contribution in [0.2, 0.25) is 0 Å². The van der Waals surface area contributed by atoms with Gasteiger partial charge >= 0.3 is 12.1 Å². The molecule has 3 amide bonds. The third-order valence-electron chi connectivity index (χ3n) is 5.28. The number of amides is 3. The highest BCUT2D eigenvalue weighted by Gasteiger charge is 2.26. The van der Waals surface area contributed by atoms with E-state index >= 15 is 0 Å². The Bertz CT molecular complexity index is 693. The summed E-state index contributed by atoms with van der Waals surface area (Å²) in [6, 6.07) is 8.25. The number of piperidine rings is 1. The van der Waals surface area contributed by atoms with Crippen LogP contribution in [0.1, 0.15) is 52.0 Å². The van der Waals surface area contributed by atoms with Crippen molar-refractivity contribution >= 4 is 17.8 Å². The first-order valence-electron chi connectivity index (χ1n) is 10.7. The zero-order valence-corrected chi connectivity index (χ0v) is 17.9. The molecule has 0 aromatic heterocycles. The third-order valence-corrected chi connectivity index (χ3v) is 5.28. The molecule has 2 saturated heterocycles. The molecule has 1 atom stereocenters.